The number of likely N-dealkylation sites (tertiary alicyclic amines) is 1. The van der Waals surface area contributed by atoms with Crippen LogP contribution in [0.3, 0.4) is 0 Å². The SMILES string of the molecule is COCCNC(=O)[C@@H]1C(=O)C(=O)N(CCOC)C1=O. The molecule has 1 saturated heterocycles. The first kappa shape index (κ1) is 15.3. The van der Waals surface area contributed by atoms with Gasteiger partial charge in [-0.3, -0.25) is 24.1 Å². The number of amides is 3. The monoisotopic (exact) mass is 272 g/mol. The number of ketones is 1. The van der Waals surface area contributed by atoms with Gasteiger partial charge in [0.15, 0.2) is 5.92 Å². The number of hydrogen-bond donors (Lipinski definition) is 1. The highest BCUT2D eigenvalue weighted by molar-refractivity contribution is 6.52. The first-order chi connectivity index (χ1) is 9.04. The smallest absolute Gasteiger partial charge is 0.298 e. The molecule has 0 aromatic carbocycles. The second kappa shape index (κ2) is 6.95. The summed E-state index contributed by atoms with van der Waals surface area (Å²) in [5, 5.41) is 2.37. The van der Waals surface area contributed by atoms with Gasteiger partial charge in [0, 0.05) is 20.8 Å². The second-order valence-corrected chi connectivity index (χ2v) is 3.87. The third-order valence-corrected chi connectivity index (χ3v) is 2.62. The summed E-state index contributed by atoms with van der Waals surface area (Å²) in [6.45, 7) is 0.491. The van der Waals surface area contributed by atoms with Crippen molar-refractivity contribution in [3.8, 4) is 0 Å². The van der Waals surface area contributed by atoms with Gasteiger partial charge < -0.3 is 14.8 Å². The van der Waals surface area contributed by atoms with E-state index in [2.05, 4.69) is 5.32 Å². The Morgan fingerprint density at radius 1 is 1.21 bits per heavy atom. The Balaban J connectivity index is 2.69. The Morgan fingerprint density at radius 2 is 1.84 bits per heavy atom. The van der Waals surface area contributed by atoms with Gasteiger partial charge in [-0.1, -0.05) is 0 Å². The highest BCUT2D eigenvalue weighted by Gasteiger charge is 2.50. The van der Waals surface area contributed by atoms with Crippen LogP contribution in [0.4, 0.5) is 0 Å². The van der Waals surface area contributed by atoms with E-state index < -0.39 is 29.4 Å². The van der Waals surface area contributed by atoms with Crippen molar-refractivity contribution in [3.63, 3.8) is 0 Å². The molecule has 0 aromatic heterocycles. The number of carbonyl (C=O) groups excluding carboxylic acids is 4. The van der Waals surface area contributed by atoms with Crippen LogP contribution in [0.15, 0.2) is 0 Å². The topological polar surface area (TPSA) is 102 Å². The summed E-state index contributed by atoms with van der Waals surface area (Å²) in [5.74, 6) is -5.13. The van der Waals surface area contributed by atoms with Crippen molar-refractivity contribution in [1.82, 2.24) is 10.2 Å². The van der Waals surface area contributed by atoms with Gasteiger partial charge in [0.1, 0.15) is 0 Å². The maximum atomic E-state index is 11.8. The van der Waals surface area contributed by atoms with E-state index in [0.29, 0.717) is 0 Å². The van der Waals surface area contributed by atoms with Crippen molar-refractivity contribution in [2.24, 2.45) is 5.92 Å². The minimum Gasteiger partial charge on any atom is -0.383 e. The van der Waals surface area contributed by atoms with Crippen molar-refractivity contribution < 1.29 is 28.7 Å². The van der Waals surface area contributed by atoms with Gasteiger partial charge in [0.05, 0.1) is 19.8 Å². The number of ether oxygens (including phenoxy) is 2. The molecule has 0 bridgehead atoms. The van der Waals surface area contributed by atoms with Gasteiger partial charge in [-0.15, -0.1) is 0 Å². The number of Topliss-reactive ketones (excluding diaryl/α,β-unsaturated/α-hetero) is 1. The van der Waals surface area contributed by atoms with Gasteiger partial charge in [-0.05, 0) is 0 Å². The number of nitrogens with one attached hydrogen (secondary N) is 1. The fourth-order valence-corrected chi connectivity index (χ4v) is 1.63. The standard InChI is InChI=1S/C11H16N2O6/c1-18-5-3-12-9(15)7-8(14)11(17)13(10(7)16)4-6-19-2/h7H,3-6H2,1-2H3,(H,12,15)/t7-/m0/s1. The molecular weight excluding hydrogens is 256 g/mol. The zero-order valence-corrected chi connectivity index (χ0v) is 10.8. The molecule has 8 nitrogen and oxygen atoms in total. The zero-order chi connectivity index (χ0) is 14.4. The Labute approximate surface area is 110 Å². The van der Waals surface area contributed by atoms with Crippen LogP contribution in [0.25, 0.3) is 0 Å². The van der Waals surface area contributed by atoms with Crippen molar-refractivity contribution in [1.29, 1.82) is 0 Å². The molecule has 0 aliphatic carbocycles. The molecule has 1 N–H and O–H groups in total. The van der Waals surface area contributed by atoms with Crippen LogP contribution < -0.4 is 5.32 Å². The van der Waals surface area contributed by atoms with Gasteiger partial charge in [-0.25, -0.2) is 0 Å². The molecule has 0 spiro atoms. The lowest BCUT2D eigenvalue weighted by molar-refractivity contribution is -0.143. The fourth-order valence-electron chi connectivity index (χ4n) is 1.63. The van der Waals surface area contributed by atoms with E-state index in [1.807, 2.05) is 0 Å². The van der Waals surface area contributed by atoms with E-state index in [-0.39, 0.29) is 26.3 Å². The van der Waals surface area contributed by atoms with Crippen LogP contribution in [0.2, 0.25) is 0 Å². The van der Waals surface area contributed by atoms with E-state index in [4.69, 9.17) is 9.47 Å². The maximum Gasteiger partial charge on any atom is 0.298 e. The largest absolute Gasteiger partial charge is 0.383 e. The molecule has 0 radical (unpaired) electrons. The van der Waals surface area contributed by atoms with Gasteiger partial charge in [0.2, 0.25) is 17.6 Å². The molecule has 8 heteroatoms. The summed E-state index contributed by atoms with van der Waals surface area (Å²) in [6, 6.07) is 0. The van der Waals surface area contributed by atoms with Crippen LogP contribution >= 0.6 is 0 Å². The van der Waals surface area contributed by atoms with Gasteiger partial charge in [-0.2, -0.15) is 0 Å². The number of methoxy groups -OCH3 is 2. The van der Waals surface area contributed by atoms with E-state index >= 15 is 0 Å². The Bertz CT molecular complexity index is 395. The third kappa shape index (κ3) is 3.36. The molecule has 0 unspecified atom stereocenters. The third-order valence-electron chi connectivity index (χ3n) is 2.62. The zero-order valence-electron chi connectivity index (χ0n) is 10.8. The van der Waals surface area contributed by atoms with E-state index in [0.717, 1.165) is 4.90 Å². The first-order valence-electron chi connectivity index (χ1n) is 5.69. The summed E-state index contributed by atoms with van der Waals surface area (Å²) in [4.78, 5) is 47.5. The number of nitrogens with zero attached hydrogens (tertiary/aromatic N) is 1. The van der Waals surface area contributed by atoms with E-state index in [9.17, 15) is 19.2 Å². The maximum absolute atomic E-state index is 11.8. The first-order valence-corrected chi connectivity index (χ1v) is 5.69. The molecular formula is C11H16N2O6. The lowest BCUT2D eigenvalue weighted by Crippen LogP contribution is -2.40. The predicted octanol–water partition coefficient (Wildman–Crippen LogP) is -2.05. The normalized spacial score (nSPS) is 19.2. The van der Waals surface area contributed by atoms with E-state index in [1.54, 1.807) is 0 Å². The van der Waals surface area contributed by atoms with E-state index in [1.165, 1.54) is 14.2 Å². The molecule has 1 rings (SSSR count). The molecule has 3 amide bonds. The van der Waals surface area contributed by atoms with Crippen LogP contribution in [-0.2, 0) is 28.7 Å². The lowest BCUT2D eigenvalue weighted by Gasteiger charge is -2.12. The van der Waals surface area contributed by atoms with Gasteiger partial charge >= 0.3 is 0 Å². The van der Waals surface area contributed by atoms with Gasteiger partial charge in [0.25, 0.3) is 5.91 Å². The molecule has 1 aliphatic heterocycles. The second-order valence-electron chi connectivity index (χ2n) is 3.87. The molecule has 0 aromatic rings. The summed E-state index contributed by atoms with van der Waals surface area (Å²) in [6.07, 6.45) is 0. The highest BCUT2D eigenvalue weighted by atomic mass is 16.5. The summed E-state index contributed by atoms with van der Waals surface area (Å²) >= 11 is 0. The van der Waals surface area contributed by atoms with Crippen molar-refractivity contribution in [2.45, 2.75) is 0 Å². The summed E-state index contributed by atoms with van der Waals surface area (Å²) in [5.41, 5.74) is 0. The van der Waals surface area contributed by atoms with Crippen molar-refractivity contribution in [3.05, 3.63) is 0 Å². The fraction of sp³-hybridized carbons (Fsp3) is 0.636. The molecule has 1 atom stereocenters. The molecule has 1 aliphatic rings. The number of hydrogen-bond acceptors (Lipinski definition) is 6. The lowest BCUT2D eigenvalue weighted by atomic mass is 10.1. The molecule has 1 heterocycles. The van der Waals surface area contributed by atoms with Crippen molar-refractivity contribution in [2.75, 3.05) is 40.5 Å². The Hall–Kier alpha value is -1.80. The van der Waals surface area contributed by atoms with Crippen LogP contribution in [0.1, 0.15) is 0 Å². The quantitative estimate of drug-likeness (QED) is 0.248. The molecule has 19 heavy (non-hydrogen) atoms. The average Bonchev–Trinajstić information content (AvgIpc) is 2.59. The van der Waals surface area contributed by atoms with Crippen LogP contribution in [0, 0.1) is 5.92 Å². The molecule has 1 fully saturated rings. The number of carbonyl (C=O) groups is 4. The number of rotatable bonds is 7. The molecule has 0 saturated carbocycles. The Kier molecular flexibility index (Phi) is 5.58. The number of imide groups is 1. The average molecular weight is 272 g/mol. The van der Waals surface area contributed by atoms with Crippen LogP contribution in [0.5, 0.6) is 0 Å². The van der Waals surface area contributed by atoms with Crippen LogP contribution in [-0.4, -0.2) is 68.9 Å². The predicted molar refractivity (Wildman–Crippen MR) is 62.0 cm³/mol. The minimum absolute atomic E-state index is 0.0399. The summed E-state index contributed by atoms with van der Waals surface area (Å²) < 4.78 is 9.46. The van der Waals surface area contributed by atoms with Crippen molar-refractivity contribution >= 4 is 23.5 Å². The minimum atomic E-state index is -1.58. The summed E-state index contributed by atoms with van der Waals surface area (Å²) in [7, 11) is 2.86. The Morgan fingerprint density at radius 3 is 2.42 bits per heavy atom. The molecule has 106 valence electrons. The highest BCUT2D eigenvalue weighted by Crippen LogP contribution is 2.16.